The Morgan fingerprint density at radius 2 is 1.52 bits per heavy atom. The Labute approximate surface area is 234 Å². The lowest BCUT2D eigenvalue weighted by atomic mass is 9.81. The standard InChI is InChI=1S/C33H30N2O4S/c1-24-16-18-25(19-17-24)22-33-30(39-31(34-33)26-10-4-2-5-11-26)29-15-9-8-12-27(29)23-35(32(33)36)20-21-40(37,38)28-13-6-3-7-14-28/h2-19,30H,20-23H2,1H3/t30-,33-/m0/s1. The predicted molar refractivity (Wildman–Crippen MR) is 155 cm³/mol. The third kappa shape index (κ3) is 4.82. The van der Waals surface area contributed by atoms with Crippen LogP contribution in [-0.2, 0) is 32.3 Å². The summed E-state index contributed by atoms with van der Waals surface area (Å²) in [5, 5.41) is 0. The third-order valence-corrected chi connectivity index (χ3v) is 9.38. The molecular formula is C33H30N2O4S. The van der Waals surface area contributed by atoms with Crippen LogP contribution in [0.15, 0.2) is 119 Å². The minimum Gasteiger partial charge on any atom is -0.466 e. The smallest absolute Gasteiger partial charge is 0.255 e. The molecule has 6 rings (SSSR count). The number of amides is 1. The molecule has 4 aromatic rings. The fourth-order valence-corrected chi connectivity index (χ4v) is 6.80. The Balaban J connectivity index is 1.45. The van der Waals surface area contributed by atoms with Crippen LogP contribution in [0.5, 0.6) is 0 Å². The molecule has 2 atom stereocenters. The summed E-state index contributed by atoms with van der Waals surface area (Å²) in [5.74, 6) is -0.00477. The van der Waals surface area contributed by atoms with Gasteiger partial charge in [-0.05, 0) is 42.3 Å². The number of ether oxygens (including phenoxy) is 1. The highest BCUT2D eigenvalue weighted by molar-refractivity contribution is 7.91. The Hall–Kier alpha value is -4.23. The zero-order valence-corrected chi connectivity index (χ0v) is 23.1. The van der Waals surface area contributed by atoms with Crippen LogP contribution >= 0.6 is 0 Å². The number of carbonyl (C=O) groups is 1. The highest BCUT2D eigenvalue weighted by Crippen LogP contribution is 2.46. The summed E-state index contributed by atoms with van der Waals surface area (Å²) in [5.41, 5.74) is 3.41. The van der Waals surface area contributed by atoms with Gasteiger partial charge in [-0.2, -0.15) is 0 Å². The van der Waals surface area contributed by atoms with Crippen molar-refractivity contribution in [1.82, 2.24) is 4.90 Å². The molecule has 0 fully saturated rings. The largest absolute Gasteiger partial charge is 0.466 e. The monoisotopic (exact) mass is 550 g/mol. The van der Waals surface area contributed by atoms with E-state index in [4.69, 9.17) is 9.73 Å². The van der Waals surface area contributed by atoms with Gasteiger partial charge in [-0.1, -0.05) is 90.5 Å². The van der Waals surface area contributed by atoms with E-state index in [-0.39, 0.29) is 29.6 Å². The predicted octanol–water partition coefficient (Wildman–Crippen LogP) is 5.31. The van der Waals surface area contributed by atoms with Crippen molar-refractivity contribution in [2.24, 2.45) is 4.99 Å². The molecule has 0 saturated carbocycles. The van der Waals surface area contributed by atoms with Gasteiger partial charge < -0.3 is 9.64 Å². The number of aliphatic imine (C=N–C) groups is 1. The van der Waals surface area contributed by atoms with Gasteiger partial charge in [0.1, 0.15) is 0 Å². The number of carbonyl (C=O) groups excluding carboxylic acids is 1. The molecule has 0 aliphatic carbocycles. The van der Waals surface area contributed by atoms with E-state index < -0.39 is 21.5 Å². The van der Waals surface area contributed by atoms with Gasteiger partial charge in [-0.3, -0.25) is 4.79 Å². The van der Waals surface area contributed by atoms with Gasteiger partial charge in [0.05, 0.1) is 10.6 Å². The highest BCUT2D eigenvalue weighted by Gasteiger charge is 2.56. The first-order chi connectivity index (χ1) is 19.4. The topological polar surface area (TPSA) is 76.0 Å². The molecule has 202 valence electrons. The first-order valence-electron chi connectivity index (χ1n) is 13.4. The third-order valence-electron chi connectivity index (χ3n) is 7.67. The number of hydrogen-bond acceptors (Lipinski definition) is 5. The van der Waals surface area contributed by atoms with Crippen molar-refractivity contribution in [2.75, 3.05) is 12.3 Å². The first-order valence-corrected chi connectivity index (χ1v) is 15.0. The molecule has 1 amide bonds. The van der Waals surface area contributed by atoms with Crippen molar-refractivity contribution >= 4 is 21.6 Å². The van der Waals surface area contributed by atoms with Crippen molar-refractivity contribution in [2.45, 2.75) is 36.4 Å². The first kappa shape index (κ1) is 26.0. The quantitative estimate of drug-likeness (QED) is 0.313. The lowest BCUT2D eigenvalue weighted by Crippen LogP contribution is -2.50. The maximum atomic E-state index is 14.7. The molecule has 7 heteroatoms. The van der Waals surface area contributed by atoms with Crippen LogP contribution in [0.3, 0.4) is 0 Å². The van der Waals surface area contributed by atoms with Gasteiger partial charge in [0.15, 0.2) is 21.5 Å². The average Bonchev–Trinajstić information content (AvgIpc) is 3.33. The van der Waals surface area contributed by atoms with Crippen molar-refractivity contribution in [1.29, 1.82) is 0 Å². The molecule has 40 heavy (non-hydrogen) atoms. The highest BCUT2D eigenvalue weighted by atomic mass is 32.2. The van der Waals surface area contributed by atoms with E-state index in [0.29, 0.717) is 12.3 Å². The zero-order valence-electron chi connectivity index (χ0n) is 22.2. The van der Waals surface area contributed by atoms with E-state index in [0.717, 1.165) is 27.8 Å². The lowest BCUT2D eigenvalue weighted by molar-refractivity contribution is -0.139. The number of fused-ring (bicyclic) bond motifs is 3. The summed E-state index contributed by atoms with van der Waals surface area (Å²) >= 11 is 0. The zero-order chi connectivity index (χ0) is 27.7. The molecule has 0 bridgehead atoms. The normalized spacial score (nSPS) is 20.2. The van der Waals surface area contributed by atoms with E-state index in [1.54, 1.807) is 35.2 Å². The molecule has 0 spiro atoms. The maximum Gasteiger partial charge on any atom is 0.255 e. The second-order valence-electron chi connectivity index (χ2n) is 10.4. The van der Waals surface area contributed by atoms with Crippen molar-refractivity contribution < 1.29 is 17.9 Å². The number of aryl methyl sites for hydroxylation is 1. The van der Waals surface area contributed by atoms with E-state index in [1.807, 2.05) is 85.8 Å². The summed E-state index contributed by atoms with van der Waals surface area (Å²) in [4.78, 5) is 21.6. The van der Waals surface area contributed by atoms with Crippen LogP contribution in [0.1, 0.15) is 33.9 Å². The summed E-state index contributed by atoms with van der Waals surface area (Å²) in [7, 11) is -3.59. The van der Waals surface area contributed by atoms with E-state index in [9.17, 15) is 13.2 Å². The Kier molecular flexibility index (Phi) is 6.76. The lowest BCUT2D eigenvalue weighted by Gasteiger charge is -2.32. The Morgan fingerprint density at radius 1 is 0.875 bits per heavy atom. The van der Waals surface area contributed by atoms with Crippen LogP contribution in [-0.4, -0.2) is 43.0 Å². The van der Waals surface area contributed by atoms with E-state index in [2.05, 4.69) is 0 Å². The Bertz CT molecular complexity index is 1670. The number of benzene rings is 4. The van der Waals surface area contributed by atoms with E-state index in [1.165, 1.54) is 0 Å². The van der Waals surface area contributed by atoms with Gasteiger partial charge in [-0.25, -0.2) is 13.4 Å². The molecule has 0 unspecified atom stereocenters. The van der Waals surface area contributed by atoms with Gasteiger partial charge in [0.2, 0.25) is 5.90 Å². The number of hydrogen-bond donors (Lipinski definition) is 0. The number of sulfone groups is 1. The summed E-state index contributed by atoms with van der Waals surface area (Å²) in [6, 6.07) is 33.9. The van der Waals surface area contributed by atoms with Crippen LogP contribution in [0.25, 0.3) is 0 Å². The minimum absolute atomic E-state index is 0.0446. The van der Waals surface area contributed by atoms with Gasteiger partial charge in [0.25, 0.3) is 5.91 Å². The molecule has 2 aliphatic heterocycles. The molecule has 4 aromatic carbocycles. The second-order valence-corrected chi connectivity index (χ2v) is 12.5. The second kappa shape index (κ2) is 10.4. The maximum absolute atomic E-state index is 14.7. The number of nitrogens with zero attached hydrogens (tertiary/aromatic N) is 2. The van der Waals surface area contributed by atoms with Crippen LogP contribution in [0.2, 0.25) is 0 Å². The SMILES string of the molecule is Cc1ccc(C[C@]23N=C(c4ccccc4)O[C@H]2c2ccccc2CN(CCS(=O)(=O)c2ccccc2)C3=O)cc1. The molecule has 2 heterocycles. The van der Waals surface area contributed by atoms with Crippen molar-refractivity contribution in [3.05, 3.63) is 137 Å². The average molecular weight is 551 g/mol. The van der Waals surface area contributed by atoms with Gasteiger partial charge in [-0.15, -0.1) is 0 Å². The molecular weight excluding hydrogens is 520 g/mol. The molecule has 6 nitrogen and oxygen atoms in total. The Morgan fingerprint density at radius 3 is 2.25 bits per heavy atom. The minimum atomic E-state index is -3.59. The molecule has 0 aromatic heterocycles. The van der Waals surface area contributed by atoms with Crippen LogP contribution < -0.4 is 0 Å². The molecule has 0 saturated heterocycles. The summed E-state index contributed by atoms with van der Waals surface area (Å²) in [6.45, 7) is 2.35. The van der Waals surface area contributed by atoms with E-state index >= 15 is 0 Å². The molecule has 0 radical (unpaired) electrons. The molecule has 2 aliphatic rings. The van der Waals surface area contributed by atoms with Crippen molar-refractivity contribution in [3.63, 3.8) is 0 Å². The number of rotatable bonds is 7. The fraction of sp³-hybridized carbons (Fsp3) is 0.212. The fourth-order valence-electron chi connectivity index (χ4n) is 5.54. The summed E-state index contributed by atoms with van der Waals surface area (Å²) in [6.07, 6.45) is -0.327. The molecule has 0 N–H and O–H groups in total. The summed E-state index contributed by atoms with van der Waals surface area (Å²) < 4.78 is 33.0. The van der Waals surface area contributed by atoms with Crippen LogP contribution in [0.4, 0.5) is 0 Å². The van der Waals surface area contributed by atoms with Gasteiger partial charge in [0, 0.05) is 30.6 Å². The van der Waals surface area contributed by atoms with Crippen LogP contribution in [0, 0.1) is 6.92 Å². The van der Waals surface area contributed by atoms with Crippen molar-refractivity contribution in [3.8, 4) is 0 Å². The van der Waals surface area contributed by atoms with Gasteiger partial charge >= 0.3 is 0 Å².